The minimum absolute atomic E-state index is 0.0574. The second kappa shape index (κ2) is 10.8. The van der Waals surface area contributed by atoms with Crippen molar-refractivity contribution in [3.8, 4) is 0 Å². The zero-order chi connectivity index (χ0) is 19.6. The number of benzene rings is 2. The molecule has 0 atom stereocenters. The van der Waals surface area contributed by atoms with Crippen molar-refractivity contribution in [2.45, 2.75) is 33.6 Å². The molecule has 4 nitrogen and oxygen atoms in total. The van der Waals surface area contributed by atoms with E-state index in [-0.39, 0.29) is 5.91 Å². The first-order chi connectivity index (χ1) is 13.0. The SMILES string of the molecule is CCN(CC)c1ccc(NCCC(=O)NCCc2cccc(Cl)c2)c(C)c1. The van der Waals surface area contributed by atoms with Crippen molar-refractivity contribution >= 4 is 28.9 Å². The lowest BCUT2D eigenvalue weighted by molar-refractivity contribution is -0.120. The Morgan fingerprint density at radius 3 is 2.52 bits per heavy atom. The lowest BCUT2D eigenvalue weighted by Crippen LogP contribution is -2.27. The van der Waals surface area contributed by atoms with Gasteiger partial charge in [-0.3, -0.25) is 4.79 Å². The summed E-state index contributed by atoms with van der Waals surface area (Å²) in [4.78, 5) is 14.3. The molecule has 5 heteroatoms. The second-order valence-corrected chi connectivity index (χ2v) is 7.01. The Bertz CT molecular complexity index is 744. The molecule has 0 unspecified atom stereocenters. The third-order valence-electron chi connectivity index (χ3n) is 4.63. The monoisotopic (exact) mass is 387 g/mol. The Balaban J connectivity index is 1.73. The third-order valence-corrected chi connectivity index (χ3v) is 4.87. The number of aryl methyl sites for hydroxylation is 1. The van der Waals surface area contributed by atoms with Crippen LogP contribution < -0.4 is 15.5 Å². The van der Waals surface area contributed by atoms with Crippen molar-refractivity contribution in [1.29, 1.82) is 0 Å². The predicted molar refractivity (Wildman–Crippen MR) is 116 cm³/mol. The number of carbonyl (C=O) groups excluding carboxylic acids is 1. The van der Waals surface area contributed by atoms with E-state index in [1.807, 2.05) is 24.3 Å². The topological polar surface area (TPSA) is 44.4 Å². The van der Waals surface area contributed by atoms with E-state index in [0.29, 0.717) is 19.5 Å². The highest BCUT2D eigenvalue weighted by molar-refractivity contribution is 6.30. The summed E-state index contributed by atoms with van der Waals surface area (Å²) in [6.07, 6.45) is 1.23. The van der Waals surface area contributed by atoms with Crippen molar-refractivity contribution in [3.63, 3.8) is 0 Å². The van der Waals surface area contributed by atoms with E-state index in [1.165, 1.54) is 11.3 Å². The molecule has 27 heavy (non-hydrogen) atoms. The Morgan fingerprint density at radius 2 is 1.85 bits per heavy atom. The largest absolute Gasteiger partial charge is 0.384 e. The molecule has 0 bridgehead atoms. The molecule has 0 aliphatic rings. The average Bonchev–Trinajstić information content (AvgIpc) is 2.64. The van der Waals surface area contributed by atoms with Crippen molar-refractivity contribution in [2.75, 3.05) is 36.4 Å². The lowest BCUT2D eigenvalue weighted by Gasteiger charge is -2.22. The van der Waals surface area contributed by atoms with Crippen LogP contribution in [-0.4, -0.2) is 32.1 Å². The summed E-state index contributed by atoms with van der Waals surface area (Å²) < 4.78 is 0. The fourth-order valence-corrected chi connectivity index (χ4v) is 3.28. The van der Waals surface area contributed by atoms with Gasteiger partial charge in [0, 0.05) is 49.0 Å². The summed E-state index contributed by atoms with van der Waals surface area (Å²) in [5.74, 6) is 0.0574. The Hall–Kier alpha value is -2.20. The summed E-state index contributed by atoms with van der Waals surface area (Å²) in [6, 6.07) is 14.2. The molecule has 2 rings (SSSR count). The number of nitrogens with one attached hydrogen (secondary N) is 2. The van der Waals surface area contributed by atoms with Gasteiger partial charge in [0.05, 0.1) is 0 Å². The van der Waals surface area contributed by atoms with Crippen molar-refractivity contribution in [2.24, 2.45) is 0 Å². The summed E-state index contributed by atoms with van der Waals surface area (Å²) in [5.41, 5.74) is 4.64. The molecular weight excluding hydrogens is 358 g/mol. The summed E-state index contributed by atoms with van der Waals surface area (Å²) in [7, 11) is 0. The molecular formula is C22H30ClN3O. The first-order valence-corrected chi connectivity index (χ1v) is 10.0. The van der Waals surface area contributed by atoms with Crippen LogP contribution in [-0.2, 0) is 11.2 Å². The molecule has 1 amide bonds. The first kappa shape index (κ1) is 21.1. The number of hydrogen-bond donors (Lipinski definition) is 2. The average molecular weight is 388 g/mol. The van der Waals surface area contributed by atoms with Gasteiger partial charge in [-0.05, 0) is 68.7 Å². The number of carbonyl (C=O) groups is 1. The van der Waals surface area contributed by atoms with Crippen LogP contribution in [0.2, 0.25) is 5.02 Å². The third kappa shape index (κ3) is 6.79. The van der Waals surface area contributed by atoms with Crippen LogP contribution >= 0.6 is 11.6 Å². The molecule has 0 saturated carbocycles. The predicted octanol–water partition coefficient (Wildman–Crippen LogP) is 4.66. The van der Waals surface area contributed by atoms with E-state index < -0.39 is 0 Å². The molecule has 146 valence electrons. The molecule has 0 spiro atoms. The maximum atomic E-state index is 12.0. The second-order valence-electron chi connectivity index (χ2n) is 6.58. The van der Waals surface area contributed by atoms with E-state index in [0.717, 1.165) is 35.8 Å². The molecule has 0 aliphatic heterocycles. The minimum Gasteiger partial charge on any atom is -0.384 e. The van der Waals surface area contributed by atoms with Gasteiger partial charge >= 0.3 is 0 Å². The van der Waals surface area contributed by atoms with Crippen LogP contribution in [0.3, 0.4) is 0 Å². The normalized spacial score (nSPS) is 10.5. The highest BCUT2D eigenvalue weighted by Gasteiger charge is 2.06. The molecule has 0 fully saturated rings. The van der Waals surface area contributed by atoms with Gasteiger partial charge in [-0.15, -0.1) is 0 Å². The van der Waals surface area contributed by atoms with Crippen molar-refractivity contribution in [1.82, 2.24) is 5.32 Å². The first-order valence-electron chi connectivity index (χ1n) is 9.64. The fourth-order valence-electron chi connectivity index (χ4n) is 3.07. The minimum atomic E-state index is 0.0574. The standard InChI is InChI=1S/C22H30ClN3O/c1-4-26(5-2)20-9-10-21(17(3)15-20)24-14-12-22(27)25-13-11-18-7-6-8-19(23)16-18/h6-10,15-16,24H,4-5,11-14H2,1-3H3,(H,25,27). The fraction of sp³-hybridized carbons (Fsp3) is 0.409. The number of nitrogens with zero attached hydrogens (tertiary/aromatic N) is 1. The molecule has 2 N–H and O–H groups in total. The molecule has 2 aromatic carbocycles. The van der Waals surface area contributed by atoms with Gasteiger partial charge in [0.15, 0.2) is 0 Å². The molecule has 2 aromatic rings. The van der Waals surface area contributed by atoms with Gasteiger partial charge in [-0.1, -0.05) is 23.7 Å². The number of anilines is 2. The van der Waals surface area contributed by atoms with E-state index in [9.17, 15) is 4.79 Å². The van der Waals surface area contributed by atoms with E-state index in [4.69, 9.17) is 11.6 Å². The van der Waals surface area contributed by atoms with Gasteiger partial charge in [-0.25, -0.2) is 0 Å². The van der Waals surface area contributed by atoms with Crippen LogP contribution in [0.1, 0.15) is 31.4 Å². The maximum Gasteiger partial charge on any atom is 0.221 e. The van der Waals surface area contributed by atoms with Crippen LogP contribution in [0.15, 0.2) is 42.5 Å². The van der Waals surface area contributed by atoms with Crippen LogP contribution in [0.4, 0.5) is 11.4 Å². The zero-order valence-electron chi connectivity index (χ0n) is 16.5. The highest BCUT2D eigenvalue weighted by Crippen LogP contribution is 2.22. The number of halogens is 1. The smallest absolute Gasteiger partial charge is 0.221 e. The van der Waals surface area contributed by atoms with Gasteiger partial charge in [0.25, 0.3) is 0 Å². The van der Waals surface area contributed by atoms with Crippen LogP contribution in [0.5, 0.6) is 0 Å². The Morgan fingerprint density at radius 1 is 1.07 bits per heavy atom. The van der Waals surface area contributed by atoms with Gasteiger partial charge in [0.1, 0.15) is 0 Å². The summed E-state index contributed by atoms with van der Waals surface area (Å²) in [6.45, 7) is 9.66. The molecule has 0 aliphatic carbocycles. The lowest BCUT2D eigenvalue weighted by atomic mass is 10.1. The van der Waals surface area contributed by atoms with E-state index in [1.54, 1.807) is 0 Å². The summed E-state index contributed by atoms with van der Waals surface area (Å²) >= 11 is 5.97. The maximum absolute atomic E-state index is 12.0. The van der Waals surface area contributed by atoms with Crippen LogP contribution in [0.25, 0.3) is 0 Å². The van der Waals surface area contributed by atoms with E-state index >= 15 is 0 Å². The highest BCUT2D eigenvalue weighted by atomic mass is 35.5. The quantitative estimate of drug-likeness (QED) is 0.623. The number of rotatable bonds is 10. The molecule has 0 radical (unpaired) electrons. The van der Waals surface area contributed by atoms with Gasteiger partial charge in [-0.2, -0.15) is 0 Å². The zero-order valence-corrected chi connectivity index (χ0v) is 17.3. The number of hydrogen-bond acceptors (Lipinski definition) is 3. The molecule has 0 aromatic heterocycles. The van der Waals surface area contributed by atoms with Gasteiger partial charge in [0.2, 0.25) is 5.91 Å². The summed E-state index contributed by atoms with van der Waals surface area (Å²) in [5, 5.41) is 7.05. The molecule has 0 saturated heterocycles. The van der Waals surface area contributed by atoms with Crippen molar-refractivity contribution < 1.29 is 4.79 Å². The Labute approximate surface area is 167 Å². The Kier molecular flexibility index (Phi) is 8.46. The molecule has 0 heterocycles. The van der Waals surface area contributed by atoms with Crippen molar-refractivity contribution in [3.05, 3.63) is 58.6 Å². The van der Waals surface area contributed by atoms with E-state index in [2.05, 4.69) is 54.5 Å². The number of amides is 1. The van der Waals surface area contributed by atoms with Gasteiger partial charge < -0.3 is 15.5 Å². The van der Waals surface area contributed by atoms with Crippen LogP contribution in [0, 0.1) is 6.92 Å².